The number of nitrogens with one attached hydrogen (secondary N) is 1. The highest BCUT2D eigenvalue weighted by atomic mass is 19.1. The number of piperazine rings is 1. The lowest BCUT2D eigenvalue weighted by atomic mass is 10.0. The van der Waals surface area contributed by atoms with Crippen molar-refractivity contribution in [3.63, 3.8) is 0 Å². The first kappa shape index (κ1) is 22.6. The number of para-hydroxylation sites is 1. The van der Waals surface area contributed by atoms with Crippen molar-refractivity contribution in [2.24, 2.45) is 0 Å². The molecule has 0 radical (unpaired) electrons. The summed E-state index contributed by atoms with van der Waals surface area (Å²) in [6, 6.07) is 24.1. The third kappa shape index (κ3) is 5.61. The monoisotopic (exact) mass is 445 g/mol. The first-order valence-corrected chi connectivity index (χ1v) is 11.1. The van der Waals surface area contributed by atoms with Crippen molar-refractivity contribution in [1.29, 1.82) is 0 Å². The van der Waals surface area contributed by atoms with Gasteiger partial charge in [-0.1, -0.05) is 30.3 Å². The molecule has 0 aliphatic carbocycles. The second-order valence-corrected chi connectivity index (χ2v) is 8.33. The number of ether oxygens (including phenoxy) is 1. The van der Waals surface area contributed by atoms with E-state index in [-0.39, 0.29) is 17.9 Å². The maximum absolute atomic E-state index is 13.2. The van der Waals surface area contributed by atoms with Gasteiger partial charge in [-0.2, -0.15) is 0 Å². The lowest BCUT2D eigenvalue weighted by Gasteiger charge is -2.45. The summed E-state index contributed by atoms with van der Waals surface area (Å²) in [5.74, 6) is 2.63. The van der Waals surface area contributed by atoms with Crippen molar-refractivity contribution in [2.45, 2.75) is 32.5 Å². The van der Waals surface area contributed by atoms with Crippen LogP contribution in [-0.4, -0.2) is 41.1 Å². The average molecular weight is 446 g/mol. The molecule has 1 aliphatic heterocycles. The van der Waals surface area contributed by atoms with Crippen molar-refractivity contribution in [1.82, 2.24) is 9.80 Å². The van der Waals surface area contributed by atoms with Crippen LogP contribution in [-0.2, 0) is 11.3 Å². The number of nitrogens with zero attached hydrogens (tertiary/aromatic N) is 2. The minimum Gasteiger partial charge on any atom is -0.478 e. The second-order valence-electron chi connectivity index (χ2n) is 8.33. The van der Waals surface area contributed by atoms with Crippen LogP contribution in [0.25, 0.3) is 0 Å². The summed E-state index contributed by atoms with van der Waals surface area (Å²) in [6.45, 7) is 5.71. The quantitative estimate of drug-likeness (QED) is 0.506. The predicted molar refractivity (Wildman–Crippen MR) is 128 cm³/mol. The third-order valence-electron chi connectivity index (χ3n) is 5.97. The Hall–Kier alpha value is -3.60. The smallest absolute Gasteiger partial charge is 0.147 e. The molecule has 0 unspecified atom stereocenters. The molecule has 0 spiro atoms. The van der Waals surface area contributed by atoms with E-state index in [9.17, 15) is 9.18 Å². The molecule has 4 rings (SSSR count). The molecular formula is C27H28FN3O2. The van der Waals surface area contributed by atoms with E-state index in [4.69, 9.17) is 4.74 Å². The molecule has 0 aromatic heterocycles. The highest BCUT2D eigenvalue weighted by molar-refractivity contribution is 5.60. The molecule has 0 bridgehead atoms. The summed E-state index contributed by atoms with van der Waals surface area (Å²) in [5.41, 5.74) is 3.55. The molecule has 1 fully saturated rings. The Morgan fingerprint density at radius 2 is 1.64 bits per heavy atom. The lowest BCUT2D eigenvalue weighted by molar-refractivity contribution is 0.0286. The molecule has 6 heteroatoms. The molecule has 3 aromatic carbocycles. The van der Waals surface area contributed by atoms with Crippen molar-refractivity contribution >= 4 is 17.3 Å². The molecule has 1 aliphatic rings. The maximum atomic E-state index is 13.2. The highest BCUT2D eigenvalue weighted by Gasteiger charge is 2.34. The van der Waals surface area contributed by atoms with Gasteiger partial charge in [-0.3, -0.25) is 4.90 Å². The molecule has 0 saturated carbocycles. The fraction of sp³-hybridized carbons (Fsp3) is 0.259. The van der Waals surface area contributed by atoms with Gasteiger partial charge < -0.3 is 15.0 Å². The van der Waals surface area contributed by atoms with Crippen LogP contribution in [0.5, 0.6) is 5.75 Å². The number of carbonyl (C=O) groups excluding carboxylic acids is 1. The number of anilines is 2. The maximum Gasteiger partial charge on any atom is 0.147 e. The van der Waals surface area contributed by atoms with Gasteiger partial charge >= 0.3 is 0 Å². The molecular weight excluding hydrogens is 417 g/mol. The zero-order valence-electron chi connectivity index (χ0n) is 18.9. The SMILES string of the molecule is C[C@@H]1CN(COc2ccc(Nc3ccccc3)cc2)[C@@H](C)C(=C=O)N1Cc1ccc(F)cc1. The zero-order chi connectivity index (χ0) is 23.2. The van der Waals surface area contributed by atoms with Crippen LogP contribution in [0.15, 0.2) is 84.6 Å². The van der Waals surface area contributed by atoms with E-state index < -0.39 is 0 Å². The lowest BCUT2D eigenvalue weighted by Crippen LogP contribution is -2.55. The molecule has 1 N–H and O–H groups in total. The number of hydrogen-bond acceptors (Lipinski definition) is 5. The zero-order valence-corrected chi connectivity index (χ0v) is 18.9. The summed E-state index contributed by atoms with van der Waals surface area (Å²) >= 11 is 0. The summed E-state index contributed by atoms with van der Waals surface area (Å²) in [7, 11) is 0. The van der Waals surface area contributed by atoms with Gasteiger partial charge in [-0.05, 0) is 67.9 Å². The Bertz CT molecular complexity index is 1100. The number of halogens is 1. The summed E-state index contributed by atoms with van der Waals surface area (Å²) in [6.07, 6.45) is 0. The van der Waals surface area contributed by atoms with Crippen molar-refractivity contribution in [3.8, 4) is 5.75 Å². The second kappa shape index (κ2) is 10.3. The molecule has 0 amide bonds. The van der Waals surface area contributed by atoms with Gasteiger partial charge in [0, 0.05) is 30.5 Å². The topological polar surface area (TPSA) is 44.8 Å². The van der Waals surface area contributed by atoms with E-state index in [1.165, 1.54) is 12.1 Å². The van der Waals surface area contributed by atoms with Crippen LogP contribution < -0.4 is 10.1 Å². The van der Waals surface area contributed by atoms with Crippen LogP contribution in [0.4, 0.5) is 15.8 Å². The number of hydrogen-bond donors (Lipinski definition) is 1. The molecule has 33 heavy (non-hydrogen) atoms. The van der Waals surface area contributed by atoms with Crippen LogP contribution >= 0.6 is 0 Å². The third-order valence-corrected chi connectivity index (χ3v) is 5.97. The van der Waals surface area contributed by atoms with Gasteiger partial charge in [0.2, 0.25) is 0 Å². The summed E-state index contributed by atoms with van der Waals surface area (Å²) < 4.78 is 19.3. The molecule has 3 aromatic rings. The summed E-state index contributed by atoms with van der Waals surface area (Å²) in [5, 5.41) is 3.35. The molecule has 1 heterocycles. The minimum absolute atomic E-state index is 0.0868. The number of benzene rings is 3. The van der Waals surface area contributed by atoms with Gasteiger partial charge in [-0.25, -0.2) is 9.18 Å². The van der Waals surface area contributed by atoms with E-state index in [2.05, 4.69) is 23.1 Å². The Balaban J connectivity index is 1.36. The molecule has 5 nitrogen and oxygen atoms in total. The highest BCUT2D eigenvalue weighted by Crippen LogP contribution is 2.26. The van der Waals surface area contributed by atoms with E-state index in [0.717, 1.165) is 29.2 Å². The van der Waals surface area contributed by atoms with Gasteiger partial charge in [-0.15, -0.1) is 0 Å². The van der Waals surface area contributed by atoms with E-state index in [1.807, 2.05) is 66.4 Å². The van der Waals surface area contributed by atoms with Gasteiger partial charge in [0.05, 0.1) is 6.04 Å². The predicted octanol–water partition coefficient (Wildman–Crippen LogP) is 5.22. The fourth-order valence-corrected chi connectivity index (χ4v) is 4.06. The van der Waals surface area contributed by atoms with E-state index in [1.54, 1.807) is 12.1 Å². The van der Waals surface area contributed by atoms with Crippen LogP contribution in [0.3, 0.4) is 0 Å². The fourth-order valence-electron chi connectivity index (χ4n) is 4.06. The van der Waals surface area contributed by atoms with Crippen molar-refractivity contribution < 1.29 is 13.9 Å². The number of rotatable bonds is 7. The molecule has 170 valence electrons. The van der Waals surface area contributed by atoms with Crippen molar-refractivity contribution in [2.75, 3.05) is 18.6 Å². The minimum atomic E-state index is -0.267. The molecule has 2 atom stereocenters. The van der Waals surface area contributed by atoms with Gasteiger partial charge in [0.25, 0.3) is 0 Å². The Morgan fingerprint density at radius 3 is 2.30 bits per heavy atom. The van der Waals surface area contributed by atoms with E-state index in [0.29, 0.717) is 19.0 Å². The average Bonchev–Trinajstić information content (AvgIpc) is 2.83. The summed E-state index contributed by atoms with van der Waals surface area (Å²) in [4.78, 5) is 16.0. The van der Waals surface area contributed by atoms with Crippen LogP contribution in [0.1, 0.15) is 19.4 Å². The normalized spacial score (nSPS) is 18.6. The Labute approximate surface area is 194 Å². The largest absolute Gasteiger partial charge is 0.478 e. The first-order valence-electron chi connectivity index (χ1n) is 11.1. The Morgan fingerprint density at radius 1 is 0.970 bits per heavy atom. The van der Waals surface area contributed by atoms with Gasteiger partial charge in [0.1, 0.15) is 29.9 Å². The first-order chi connectivity index (χ1) is 16.0. The van der Waals surface area contributed by atoms with Gasteiger partial charge in [0.15, 0.2) is 0 Å². The Kier molecular flexibility index (Phi) is 7.08. The van der Waals surface area contributed by atoms with E-state index >= 15 is 0 Å². The molecule has 1 saturated heterocycles. The van der Waals surface area contributed by atoms with Crippen molar-refractivity contribution in [3.05, 3.63) is 95.9 Å². The van der Waals surface area contributed by atoms with Crippen LogP contribution in [0, 0.1) is 5.82 Å². The standard InChI is InChI=1S/C27H28FN3O2/c1-20-16-30(21(2)27(18-32)31(20)17-22-8-10-23(28)11-9-22)19-33-26-14-12-25(13-15-26)29-24-6-4-3-5-7-24/h3-15,20-21,29H,16-17,19H2,1-2H3/t20-,21+/m1/s1. The van der Waals surface area contributed by atoms with Crippen LogP contribution in [0.2, 0.25) is 0 Å².